The minimum Gasteiger partial charge on any atom is -0.494 e. The fourth-order valence-corrected chi connectivity index (χ4v) is 4.05. The smallest absolute Gasteiger partial charge is 0.169 e. The summed E-state index contributed by atoms with van der Waals surface area (Å²) in [5.41, 5.74) is 0.0641. The zero-order chi connectivity index (χ0) is 20.6. The number of ether oxygens (including phenoxy) is 2. The van der Waals surface area contributed by atoms with E-state index in [0.29, 0.717) is 31.4 Å². The van der Waals surface area contributed by atoms with Crippen LogP contribution in [0.4, 0.5) is 4.39 Å². The van der Waals surface area contributed by atoms with Gasteiger partial charge in [0.15, 0.2) is 5.57 Å². The van der Waals surface area contributed by atoms with Crippen LogP contribution in [0.15, 0.2) is 35.7 Å². The highest BCUT2D eigenvalue weighted by Crippen LogP contribution is 2.28. The maximum absolute atomic E-state index is 12.9. The van der Waals surface area contributed by atoms with Crippen LogP contribution in [-0.4, -0.2) is 56.4 Å². The minimum absolute atomic E-state index is 0.0641. The molecule has 0 radical (unpaired) electrons. The molecule has 2 bridgehead atoms. The Balaban J connectivity index is 1.51. The summed E-state index contributed by atoms with van der Waals surface area (Å²) in [7, 11) is 1.71. The van der Waals surface area contributed by atoms with Gasteiger partial charge in [-0.2, -0.15) is 10.5 Å². The van der Waals surface area contributed by atoms with Gasteiger partial charge in [0.2, 0.25) is 0 Å². The summed E-state index contributed by atoms with van der Waals surface area (Å²) in [5.74, 6) is 0.893. The second kappa shape index (κ2) is 10.1. The Morgan fingerprint density at radius 3 is 2.45 bits per heavy atom. The molecule has 1 aromatic carbocycles. The topological polar surface area (TPSA) is 93.3 Å². The number of fused-ring (bicyclic) bond motifs is 2. The number of hydrogen-bond acceptors (Lipinski definition) is 7. The van der Waals surface area contributed by atoms with Crippen LogP contribution in [0, 0.1) is 28.5 Å². The Bertz CT molecular complexity index is 769. The van der Waals surface area contributed by atoms with E-state index >= 15 is 0 Å². The first-order chi connectivity index (χ1) is 14.1. The molecule has 7 nitrogen and oxygen atoms in total. The second-order valence-electron chi connectivity index (χ2n) is 7.28. The first-order valence-corrected chi connectivity index (χ1v) is 9.85. The van der Waals surface area contributed by atoms with Crippen LogP contribution < -0.4 is 15.4 Å². The van der Waals surface area contributed by atoms with E-state index in [-0.39, 0.29) is 29.5 Å². The lowest BCUT2D eigenvalue weighted by molar-refractivity contribution is -0.0812. The van der Waals surface area contributed by atoms with Gasteiger partial charge >= 0.3 is 0 Å². The first kappa shape index (κ1) is 20.9. The molecular weight excluding hydrogens is 373 g/mol. The third kappa shape index (κ3) is 5.38. The molecule has 0 amide bonds. The van der Waals surface area contributed by atoms with Crippen LogP contribution in [0.3, 0.4) is 0 Å². The number of hydrogen-bond donors (Lipinski definition) is 2. The third-order valence-corrected chi connectivity index (χ3v) is 5.39. The largest absolute Gasteiger partial charge is 0.494 e. The van der Waals surface area contributed by atoms with Crippen molar-refractivity contribution in [2.24, 2.45) is 0 Å². The number of nitriles is 2. The Morgan fingerprint density at radius 1 is 1.21 bits per heavy atom. The van der Waals surface area contributed by atoms with Gasteiger partial charge in [0, 0.05) is 31.7 Å². The van der Waals surface area contributed by atoms with Crippen LogP contribution in [-0.2, 0) is 4.74 Å². The molecule has 1 aromatic rings. The fourth-order valence-electron chi connectivity index (χ4n) is 4.05. The van der Waals surface area contributed by atoms with Gasteiger partial charge in [-0.1, -0.05) is 0 Å². The lowest BCUT2D eigenvalue weighted by Crippen LogP contribution is -2.60. The summed E-state index contributed by atoms with van der Waals surface area (Å²) in [6, 6.07) is 10.7. The van der Waals surface area contributed by atoms with Crippen LogP contribution in [0.1, 0.15) is 19.3 Å². The molecule has 2 unspecified atom stereocenters. The van der Waals surface area contributed by atoms with Crippen LogP contribution in [0.25, 0.3) is 0 Å². The molecule has 154 valence electrons. The number of morpholine rings is 1. The summed E-state index contributed by atoms with van der Waals surface area (Å²) in [6.07, 6.45) is 2.63. The molecule has 29 heavy (non-hydrogen) atoms. The molecule has 2 aliphatic rings. The van der Waals surface area contributed by atoms with E-state index < -0.39 is 0 Å². The highest BCUT2D eigenvalue weighted by molar-refractivity contribution is 5.39. The zero-order valence-corrected chi connectivity index (χ0v) is 16.5. The molecule has 8 heteroatoms. The molecule has 2 atom stereocenters. The number of benzene rings is 1. The van der Waals surface area contributed by atoms with Crippen molar-refractivity contribution < 1.29 is 13.9 Å². The molecule has 2 N–H and O–H groups in total. The van der Waals surface area contributed by atoms with Crippen molar-refractivity contribution in [3.63, 3.8) is 0 Å². The van der Waals surface area contributed by atoms with Gasteiger partial charge in [-0.05, 0) is 43.5 Å². The Labute approximate surface area is 170 Å². The normalized spacial score (nSPS) is 23.4. The predicted octanol–water partition coefficient (Wildman–Crippen LogP) is 1.89. The number of halogens is 1. The van der Waals surface area contributed by atoms with E-state index in [1.807, 2.05) is 12.1 Å². The molecular formula is C21H26FN5O2. The summed E-state index contributed by atoms with van der Waals surface area (Å²) in [5, 5.41) is 24.5. The van der Waals surface area contributed by atoms with Crippen molar-refractivity contribution in [2.45, 2.75) is 37.4 Å². The molecule has 2 saturated heterocycles. The predicted molar refractivity (Wildman–Crippen MR) is 105 cm³/mol. The highest BCUT2D eigenvalue weighted by atomic mass is 19.1. The van der Waals surface area contributed by atoms with Crippen LogP contribution in [0.2, 0.25) is 0 Å². The molecule has 2 fully saturated rings. The lowest BCUT2D eigenvalue weighted by atomic mass is 9.89. The number of rotatable bonds is 8. The van der Waals surface area contributed by atoms with Gasteiger partial charge in [-0.3, -0.25) is 4.90 Å². The number of piperidine rings is 1. The van der Waals surface area contributed by atoms with E-state index in [4.69, 9.17) is 20.0 Å². The van der Waals surface area contributed by atoms with E-state index in [2.05, 4.69) is 15.5 Å². The summed E-state index contributed by atoms with van der Waals surface area (Å²) < 4.78 is 24.4. The van der Waals surface area contributed by atoms with Crippen molar-refractivity contribution in [3.05, 3.63) is 41.5 Å². The zero-order valence-electron chi connectivity index (χ0n) is 16.5. The van der Waals surface area contributed by atoms with Crippen molar-refractivity contribution in [1.82, 2.24) is 15.5 Å². The Hall–Kier alpha value is -2.81. The molecule has 0 saturated carbocycles. The minimum atomic E-state index is -0.269. The number of allylic oxidation sites excluding steroid dienone is 1. The fraction of sp³-hybridized carbons (Fsp3) is 0.524. The van der Waals surface area contributed by atoms with Gasteiger partial charge in [0.1, 0.15) is 29.5 Å². The quantitative estimate of drug-likeness (QED) is 0.509. The summed E-state index contributed by atoms with van der Waals surface area (Å²) in [4.78, 5) is 2.48. The van der Waals surface area contributed by atoms with Crippen molar-refractivity contribution >= 4 is 0 Å². The second-order valence-corrected chi connectivity index (χ2v) is 7.28. The molecule has 0 aliphatic carbocycles. The number of nitrogens with zero attached hydrogens (tertiary/aromatic N) is 3. The third-order valence-electron chi connectivity index (χ3n) is 5.39. The van der Waals surface area contributed by atoms with Gasteiger partial charge in [-0.25, -0.2) is 4.39 Å². The summed E-state index contributed by atoms with van der Waals surface area (Å²) >= 11 is 0. The van der Waals surface area contributed by atoms with Gasteiger partial charge in [0.25, 0.3) is 0 Å². The van der Waals surface area contributed by atoms with E-state index in [1.54, 1.807) is 19.2 Å². The van der Waals surface area contributed by atoms with Crippen LogP contribution >= 0.6 is 0 Å². The van der Waals surface area contributed by atoms with E-state index in [0.717, 1.165) is 25.8 Å². The van der Waals surface area contributed by atoms with Gasteiger partial charge in [0.05, 0.1) is 19.8 Å². The van der Waals surface area contributed by atoms with Crippen molar-refractivity contribution in [1.29, 1.82) is 10.5 Å². The molecule has 2 aliphatic heterocycles. The summed E-state index contributed by atoms with van der Waals surface area (Å²) in [6.45, 7) is 2.83. The standard InChI is InChI=1S/C21H26FN5O2/c1-25-21(15(11-23)12-24)26-17-9-18-13-28-14-19(10-17)27(18)7-2-8-29-20-5-3-16(22)4-6-20/h3-6,17-19,25-26H,2,7-10,13-14H2,1H3. The van der Waals surface area contributed by atoms with Gasteiger partial charge < -0.3 is 20.1 Å². The first-order valence-electron chi connectivity index (χ1n) is 9.85. The molecule has 0 spiro atoms. The van der Waals surface area contributed by atoms with Crippen LogP contribution in [0.5, 0.6) is 5.75 Å². The Kier molecular flexibility index (Phi) is 7.29. The lowest BCUT2D eigenvalue weighted by Gasteiger charge is -2.49. The van der Waals surface area contributed by atoms with Gasteiger partial charge in [-0.15, -0.1) is 0 Å². The SMILES string of the molecule is CNC(NC1CC2COCC(C1)N2CCCOc1ccc(F)cc1)=C(C#N)C#N. The van der Waals surface area contributed by atoms with Crippen molar-refractivity contribution in [2.75, 3.05) is 33.4 Å². The van der Waals surface area contributed by atoms with E-state index in [1.165, 1.54) is 12.1 Å². The maximum atomic E-state index is 12.9. The number of nitrogens with one attached hydrogen (secondary N) is 2. The monoisotopic (exact) mass is 399 g/mol. The highest BCUT2D eigenvalue weighted by Gasteiger charge is 2.38. The Morgan fingerprint density at radius 2 is 1.86 bits per heavy atom. The van der Waals surface area contributed by atoms with E-state index in [9.17, 15) is 4.39 Å². The molecule has 2 heterocycles. The van der Waals surface area contributed by atoms with Crippen molar-refractivity contribution in [3.8, 4) is 17.9 Å². The average molecular weight is 399 g/mol. The maximum Gasteiger partial charge on any atom is 0.169 e. The average Bonchev–Trinajstić information content (AvgIpc) is 2.72. The molecule has 3 rings (SSSR count). The molecule has 0 aromatic heterocycles.